The molecule has 0 spiro atoms. The highest BCUT2D eigenvalue weighted by molar-refractivity contribution is 7.22. The maximum Gasteiger partial charge on any atom is 0.297 e. The number of para-hydroxylation sites is 1. The average Bonchev–Trinajstić information content (AvgIpc) is 3.42. The third-order valence-corrected chi connectivity index (χ3v) is 7.07. The molecule has 35 heavy (non-hydrogen) atoms. The molecule has 2 aromatic heterocycles. The van der Waals surface area contributed by atoms with Gasteiger partial charge < -0.3 is 13.9 Å². The van der Waals surface area contributed by atoms with E-state index >= 15 is 0 Å². The number of nitrogens with zero attached hydrogens (tertiary/aromatic N) is 2. The van der Waals surface area contributed by atoms with Crippen LogP contribution in [0.3, 0.4) is 0 Å². The third-order valence-electron chi connectivity index (χ3n) is 6.05. The third kappa shape index (κ3) is 3.37. The second kappa shape index (κ2) is 8.25. The molecular weight excluding hydrogens is 464 g/mol. The maximum absolute atomic E-state index is 13.8. The summed E-state index contributed by atoms with van der Waals surface area (Å²) in [5.74, 6) is 0.996. The summed E-state index contributed by atoms with van der Waals surface area (Å²) in [6.45, 7) is 2.41. The number of carbonyl (C=O) groups is 1. The van der Waals surface area contributed by atoms with Gasteiger partial charge in [-0.3, -0.25) is 14.5 Å². The minimum atomic E-state index is -0.707. The molecule has 0 aliphatic carbocycles. The van der Waals surface area contributed by atoms with Crippen LogP contribution in [0.5, 0.6) is 11.5 Å². The summed E-state index contributed by atoms with van der Waals surface area (Å²) in [5.41, 5.74) is 1.93. The van der Waals surface area contributed by atoms with E-state index < -0.39 is 11.9 Å². The minimum Gasteiger partial charge on any atom is -0.497 e. The number of thiazole rings is 1. The summed E-state index contributed by atoms with van der Waals surface area (Å²) < 4.78 is 17.9. The van der Waals surface area contributed by atoms with Crippen LogP contribution >= 0.6 is 11.3 Å². The van der Waals surface area contributed by atoms with Crippen molar-refractivity contribution in [3.05, 3.63) is 93.8 Å². The molecule has 1 atom stereocenters. The van der Waals surface area contributed by atoms with Crippen molar-refractivity contribution in [2.24, 2.45) is 0 Å². The number of anilines is 1. The lowest BCUT2D eigenvalue weighted by atomic mass is 9.98. The number of hydrogen-bond donors (Lipinski definition) is 0. The Morgan fingerprint density at radius 3 is 2.71 bits per heavy atom. The lowest BCUT2D eigenvalue weighted by molar-refractivity contribution is 0.0971. The van der Waals surface area contributed by atoms with Gasteiger partial charge in [0, 0.05) is 0 Å². The van der Waals surface area contributed by atoms with Gasteiger partial charge in [-0.05, 0) is 55.0 Å². The van der Waals surface area contributed by atoms with Gasteiger partial charge in [-0.15, -0.1) is 0 Å². The molecule has 8 heteroatoms. The molecule has 1 aliphatic heterocycles. The smallest absolute Gasteiger partial charge is 0.297 e. The van der Waals surface area contributed by atoms with Crippen molar-refractivity contribution in [2.45, 2.75) is 13.0 Å². The number of carbonyl (C=O) groups excluding carboxylic acids is 1. The van der Waals surface area contributed by atoms with E-state index in [1.807, 2.05) is 49.4 Å². The monoisotopic (exact) mass is 484 g/mol. The van der Waals surface area contributed by atoms with Gasteiger partial charge >= 0.3 is 0 Å². The van der Waals surface area contributed by atoms with Gasteiger partial charge in [0.25, 0.3) is 5.91 Å². The minimum absolute atomic E-state index is 0.0392. The Balaban J connectivity index is 1.60. The largest absolute Gasteiger partial charge is 0.497 e. The normalized spacial score (nSPS) is 15.1. The van der Waals surface area contributed by atoms with Gasteiger partial charge in [0.2, 0.25) is 5.76 Å². The van der Waals surface area contributed by atoms with Crippen LogP contribution in [0, 0.1) is 0 Å². The number of ether oxygens (including phenoxy) is 2. The molecule has 5 aromatic rings. The molecule has 7 nitrogen and oxygen atoms in total. The van der Waals surface area contributed by atoms with E-state index in [0.717, 1.165) is 15.8 Å². The van der Waals surface area contributed by atoms with Crippen molar-refractivity contribution in [1.82, 2.24) is 4.98 Å². The summed E-state index contributed by atoms with van der Waals surface area (Å²) in [5, 5.41) is 0.904. The highest BCUT2D eigenvalue weighted by atomic mass is 32.1. The first-order valence-electron chi connectivity index (χ1n) is 11.2. The Kier molecular flexibility index (Phi) is 5.04. The fraction of sp³-hybridized carbons (Fsp3) is 0.148. The lowest BCUT2D eigenvalue weighted by Gasteiger charge is -2.23. The van der Waals surface area contributed by atoms with Gasteiger partial charge in [0.05, 0.1) is 40.9 Å². The topological polar surface area (TPSA) is 81.9 Å². The Morgan fingerprint density at radius 1 is 1.03 bits per heavy atom. The van der Waals surface area contributed by atoms with Crippen LogP contribution in [-0.4, -0.2) is 24.6 Å². The molecular formula is C27H20N2O5S. The molecule has 1 amide bonds. The molecule has 0 N–H and O–H groups in total. The number of aromatic nitrogens is 1. The summed E-state index contributed by atoms with van der Waals surface area (Å²) >= 11 is 1.36. The van der Waals surface area contributed by atoms with Crippen LogP contribution in [0.4, 0.5) is 5.13 Å². The average molecular weight is 485 g/mol. The van der Waals surface area contributed by atoms with Crippen molar-refractivity contribution in [3.63, 3.8) is 0 Å². The fourth-order valence-corrected chi connectivity index (χ4v) is 5.52. The van der Waals surface area contributed by atoms with Crippen molar-refractivity contribution >= 4 is 43.6 Å². The van der Waals surface area contributed by atoms with Gasteiger partial charge in [-0.1, -0.05) is 35.6 Å². The summed E-state index contributed by atoms with van der Waals surface area (Å²) in [6, 6.07) is 19.3. The Hall–Kier alpha value is -4.17. The van der Waals surface area contributed by atoms with E-state index in [-0.39, 0.29) is 11.2 Å². The molecule has 0 saturated carbocycles. The summed E-state index contributed by atoms with van der Waals surface area (Å²) in [6.07, 6.45) is 0. The van der Waals surface area contributed by atoms with E-state index in [2.05, 4.69) is 0 Å². The Labute approximate surface area is 204 Å². The highest BCUT2D eigenvalue weighted by Crippen LogP contribution is 2.44. The standard InChI is InChI=1S/C27H20N2O5S/c1-3-33-17-8-6-7-15(13-17)23-22-24(30)18-9-4-5-10-20(18)34-25(22)26(31)29(23)27-28-19-12-11-16(32-2)14-21(19)35-27/h4-14,23H,3H2,1-2H3. The molecule has 1 aliphatic rings. The first-order chi connectivity index (χ1) is 17.1. The molecule has 6 rings (SSSR count). The van der Waals surface area contributed by atoms with Crippen LogP contribution in [0.1, 0.15) is 34.6 Å². The maximum atomic E-state index is 13.8. The van der Waals surface area contributed by atoms with Crippen LogP contribution in [0.15, 0.2) is 75.9 Å². The molecule has 1 unspecified atom stereocenters. The predicted octanol–water partition coefficient (Wildman–Crippen LogP) is 5.56. The van der Waals surface area contributed by atoms with Crippen molar-refractivity contribution in [2.75, 3.05) is 18.6 Å². The number of amides is 1. The zero-order valence-corrected chi connectivity index (χ0v) is 19.8. The molecule has 0 saturated heterocycles. The Bertz CT molecular complexity index is 1670. The van der Waals surface area contributed by atoms with E-state index in [9.17, 15) is 9.59 Å². The SMILES string of the molecule is CCOc1cccc(C2c3c(oc4ccccc4c3=O)C(=O)N2c2nc3ccc(OC)cc3s2)c1. The first-order valence-corrected chi connectivity index (χ1v) is 12.0. The molecule has 0 fully saturated rings. The second-order valence-corrected chi connectivity index (χ2v) is 9.09. The summed E-state index contributed by atoms with van der Waals surface area (Å²) in [7, 11) is 1.60. The van der Waals surface area contributed by atoms with Crippen molar-refractivity contribution in [1.29, 1.82) is 0 Å². The van der Waals surface area contributed by atoms with E-state index in [1.165, 1.54) is 11.3 Å². The first kappa shape index (κ1) is 21.4. The van der Waals surface area contributed by atoms with Crippen LogP contribution < -0.4 is 19.8 Å². The number of rotatable bonds is 5. The van der Waals surface area contributed by atoms with Gasteiger partial charge in [0.15, 0.2) is 10.6 Å². The molecule has 3 heterocycles. The van der Waals surface area contributed by atoms with E-state index in [0.29, 0.717) is 39.8 Å². The van der Waals surface area contributed by atoms with Crippen LogP contribution in [0.25, 0.3) is 21.2 Å². The van der Waals surface area contributed by atoms with Gasteiger partial charge in [-0.25, -0.2) is 4.98 Å². The fourth-order valence-electron chi connectivity index (χ4n) is 4.50. The van der Waals surface area contributed by atoms with Crippen LogP contribution in [0.2, 0.25) is 0 Å². The molecule has 174 valence electrons. The number of methoxy groups -OCH3 is 1. The Morgan fingerprint density at radius 2 is 1.89 bits per heavy atom. The quantitative estimate of drug-likeness (QED) is 0.325. The number of benzene rings is 3. The van der Waals surface area contributed by atoms with Crippen molar-refractivity contribution < 1.29 is 18.7 Å². The number of hydrogen-bond acceptors (Lipinski definition) is 7. The predicted molar refractivity (Wildman–Crippen MR) is 135 cm³/mol. The van der Waals surface area contributed by atoms with Gasteiger partial charge in [0.1, 0.15) is 17.1 Å². The number of fused-ring (bicyclic) bond motifs is 3. The lowest BCUT2D eigenvalue weighted by Crippen LogP contribution is -2.29. The van der Waals surface area contributed by atoms with Gasteiger partial charge in [-0.2, -0.15) is 0 Å². The van der Waals surface area contributed by atoms with Crippen LogP contribution in [-0.2, 0) is 0 Å². The highest BCUT2D eigenvalue weighted by Gasteiger charge is 2.45. The second-order valence-electron chi connectivity index (χ2n) is 8.08. The van der Waals surface area contributed by atoms with E-state index in [4.69, 9.17) is 18.9 Å². The molecule has 0 radical (unpaired) electrons. The zero-order valence-electron chi connectivity index (χ0n) is 19.0. The van der Waals surface area contributed by atoms with E-state index in [1.54, 1.807) is 36.3 Å². The molecule has 3 aromatic carbocycles. The zero-order chi connectivity index (χ0) is 24.1. The summed E-state index contributed by atoms with van der Waals surface area (Å²) in [4.78, 5) is 33.8. The molecule has 0 bridgehead atoms. The van der Waals surface area contributed by atoms with Crippen molar-refractivity contribution in [3.8, 4) is 11.5 Å².